The second-order valence-electron chi connectivity index (χ2n) is 5.41. The summed E-state index contributed by atoms with van der Waals surface area (Å²) < 4.78 is 5.10. The van der Waals surface area contributed by atoms with Crippen LogP contribution in [-0.4, -0.2) is 47.2 Å². The van der Waals surface area contributed by atoms with E-state index in [2.05, 4.69) is 39.2 Å². The summed E-state index contributed by atoms with van der Waals surface area (Å²) in [6.45, 7) is 9.98. The summed E-state index contributed by atoms with van der Waals surface area (Å²) in [5, 5.41) is 7.16. The summed E-state index contributed by atoms with van der Waals surface area (Å²) in [5.74, 6) is 3.09. The van der Waals surface area contributed by atoms with E-state index in [9.17, 15) is 0 Å². The van der Waals surface area contributed by atoms with Gasteiger partial charge >= 0.3 is 0 Å². The van der Waals surface area contributed by atoms with Gasteiger partial charge in [-0.15, -0.1) is 0 Å². The van der Waals surface area contributed by atoms with Gasteiger partial charge in [0, 0.05) is 26.1 Å². The molecule has 1 atom stereocenters. The first-order valence-electron chi connectivity index (χ1n) is 7.51. The first-order chi connectivity index (χ1) is 9.69. The minimum Gasteiger partial charge on any atom is -0.357 e. The first kappa shape index (κ1) is 14.8. The Balaban J connectivity index is 1.91. The molecular weight excluding hydrogens is 254 g/mol. The fourth-order valence-electron chi connectivity index (χ4n) is 2.51. The maximum Gasteiger partial charge on any atom is 0.228 e. The highest BCUT2D eigenvalue weighted by Gasteiger charge is 2.19. The Morgan fingerprint density at radius 2 is 2.40 bits per heavy atom. The van der Waals surface area contributed by atoms with Gasteiger partial charge in [0.2, 0.25) is 5.89 Å². The van der Waals surface area contributed by atoms with Crippen molar-refractivity contribution in [1.29, 1.82) is 0 Å². The lowest BCUT2D eigenvalue weighted by Gasteiger charge is -2.33. The fraction of sp³-hybridized carbons (Fsp3) is 0.786. The van der Waals surface area contributed by atoms with Crippen molar-refractivity contribution in [2.24, 2.45) is 10.9 Å². The number of rotatable bonds is 4. The molecule has 1 fully saturated rings. The molecule has 0 saturated carbocycles. The summed E-state index contributed by atoms with van der Waals surface area (Å²) in [6.07, 6.45) is 3.25. The van der Waals surface area contributed by atoms with E-state index in [0.29, 0.717) is 24.7 Å². The number of aliphatic imine (C=N–C) groups is 1. The van der Waals surface area contributed by atoms with Gasteiger partial charge in [-0.25, -0.2) is 0 Å². The van der Waals surface area contributed by atoms with Gasteiger partial charge in [-0.05, 0) is 32.6 Å². The Morgan fingerprint density at radius 1 is 1.55 bits per heavy atom. The van der Waals surface area contributed by atoms with Crippen molar-refractivity contribution in [2.45, 2.75) is 40.0 Å². The third-order valence-electron chi connectivity index (χ3n) is 3.45. The molecule has 1 unspecified atom stereocenters. The van der Waals surface area contributed by atoms with E-state index in [1.165, 1.54) is 12.8 Å². The lowest BCUT2D eigenvalue weighted by Crippen LogP contribution is -2.46. The van der Waals surface area contributed by atoms with Crippen molar-refractivity contribution in [2.75, 3.05) is 26.2 Å². The Kier molecular flexibility index (Phi) is 5.38. The number of nitrogens with zero attached hydrogens (tertiary/aromatic N) is 4. The largest absolute Gasteiger partial charge is 0.357 e. The second kappa shape index (κ2) is 7.26. The van der Waals surface area contributed by atoms with E-state index >= 15 is 0 Å². The minimum atomic E-state index is 0.661. The zero-order valence-electron chi connectivity index (χ0n) is 12.7. The molecule has 1 aliphatic heterocycles. The lowest BCUT2D eigenvalue weighted by molar-refractivity contribution is 0.266. The highest BCUT2D eigenvalue weighted by Crippen LogP contribution is 2.15. The SMILES string of the molecule is CCNC(=NCCc1nc(C)no1)N1CCCC(C)C1. The molecule has 0 bridgehead atoms. The van der Waals surface area contributed by atoms with Crippen LogP contribution in [0.5, 0.6) is 0 Å². The van der Waals surface area contributed by atoms with Crippen LogP contribution in [0.15, 0.2) is 9.52 Å². The van der Waals surface area contributed by atoms with Crippen molar-refractivity contribution in [3.8, 4) is 0 Å². The molecule has 1 saturated heterocycles. The van der Waals surface area contributed by atoms with Crippen LogP contribution in [0.4, 0.5) is 0 Å². The first-order valence-corrected chi connectivity index (χ1v) is 7.51. The smallest absolute Gasteiger partial charge is 0.228 e. The van der Waals surface area contributed by atoms with Crippen LogP contribution in [0.1, 0.15) is 38.4 Å². The quantitative estimate of drug-likeness (QED) is 0.670. The minimum absolute atomic E-state index is 0.661. The van der Waals surface area contributed by atoms with Gasteiger partial charge in [0.15, 0.2) is 11.8 Å². The summed E-state index contributed by atoms with van der Waals surface area (Å²) in [6, 6.07) is 0. The molecule has 2 rings (SSSR count). The van der Waals surface area contributed by atoms with E-state index < -0.39 is 0 Å². The van der Waals surface area contributed by atoms with Crippen molar-refractivity contribution < 1.29 is 4.52 Å². The number of likely N-dealkylation sites (tertiary alicyclic amines) is 1. The van der Waals surface area contributed by atoms with Crippen LogP contribution in [0.3, 0.4) is 0 Å². The summed E-state index contributed by atoms with van der Waals surface area (Å²) >= 11 is 0. The van der Waals surface area contributed by atoms with Crippen LogP contribution in [0.2, 0.25) is 0 Å². The summed E-state index contributed by atoms with van der Waals surface area (Å²) in [4.78, 5) is 11.2. The predicted octanol–water partition coefficient (Wildman–Crippen LogP) is 1.62. The fourth-order valence-corrected chi connectivity index (χ4v) is 2.51. The van der Waals surface area contributed by atoms with E-state index in [4.69, 9.17) is 4.52 Å². The number of hydrogen-bond acceptors (Lipinski definition) is 4. The van der Waals surface area contributed by atoms with Gasteiger partial charge in [0.05, 0.1) is 6.54 Å². The van der Waals surface area contributed by atoms with E-state index in [1.807, 2.05) is 6.92 Å². The average molecular weight is 279 g/mol. The van der Waals surface area contributed by atoms with Crippen molar-refractivity contribution in [3.63, 3.8) is 0 Å². The van der Waals surface area contributed by atoms with Gasteiger partial charge in [-0.3, -0.25) is 4.99 Å². The number of piperidine rings is 1. The molecule has 0 amide bonds. The van der Waals surface area contributed by atoms with Crippen LogP contribution in [-0.2, 0) is 6.42 Å². The monoisotopic (exact) mass is 279 g/mol. The highest BCUT2D eigenvalue weighted by atomic mass is 16.5. The van der Waals surface area contributed by atoms with Crippen molar-refractivity contribution in [1.82, 2.24) is 20.4 Å². The maximum atomic E-state index is 5.10. The van der Waals surface area contributed by atoms with E-state index in [0.717, 1.165) is 31.5 Å². The lowest BCUT2D eigenvalue weighted by atomic mass is 10.0. The van der Waals surface area contributed by atoms with E-state index in [1.54, 1.807) is 0 Å². The second-order valence-corrected chi connectivity index (χ2v) is 5.41. The normalized spacial score (nSPS) is 20.2. The van der Waals surface area contributed by atoms with Crippen LogP contribution >= 0.6 is 0 Å². The van der Waals surface area contributed by atoms with Crippen LogP contribution in [0.25, 0.3) is 0 Å². The van der Waals surface area contributed by atoms with Crippen LogP contribution < -0.4 is 5.32 Å². The molecule has 1 aliphatic rings. The molecule has 0 aliphatic carbocycles. The van der Waals surface area contributed by atoms with Crippen molar-refractivity contribution in [3.05, 3.63) is 11.7 Å². The molecule has 0 radical (unpaired) electrons. The number of aromatic nitrogens is 2. The van der Waals surface area contributed by atoms with Crippen molar-refractivity contribution >= 4 is 5.96 Å². The topological polar surface area (TPSA) is 66.5 Å². The molecule has 1 aromatic heterocycles. The number of aryl methyl sites for hydroxylation is 1. The zero-order chi connectivity index (χ0) is 14.4. The molecule has 0 aromatic carbocycles. The Labute approximate surface area is 120 Å². The molecule has 0 spiro atoms. The molecule has 6 heteroatoms. The summed E-state index contributed by atoms with van der Waals surface area (Å²) in [5.41, 5.74) is 0. The molecular formula is C14H25N5O. The van der Waals surface area contributed by atoms with E-state index in [-0.39, 0.29) is 0 Å². The Bertz CT molecular complexity index is 443. The highest BCUT2D eigenvalue weighted by molar-refractivity contribution is 5.80. The third kappa shape index (κ3) is 4.21. The Hall–Kier alpha value is -1.59. The molecule has 112 valence electrons. The van der Waals surface area contributed by atoms with Gasteiger partial charge in [-0.2, -0.15) is 4.98 Å². The maximum absolute atomic E-state index is 5.10. The number of nitrogens with one attached hydrogen (secondary N) is 1. The zero-order valence-corrected chi connectivity index (χ0v) is 12.7. The molecule has 1 aromatic rings. The number of hydrogen-bond donors (Lipinski definition) is 1. The van der Waals surface area contributed by atoms with Gasteiger partial charge in [-0.1, -0.05) is 12.1 Å². The molecule has 2 heterocycles. The predicted molar refractivity (Wildman–Crippen MR) is 78.7 cm³/mol. The molecule has 20 heavy (non-hydrogen) atoms. The number of guanidine groups is 1. The third-order valence-corrected chi connectivity index (χ3v) is 3.45. The standard InChI is InChI=1S/C14H25N5O/c1-4-15-14(19-9-5-6-11(2)10-19)16-8-7-13-17-12(3)18-20-13/h11H,4-10H2,1-3H3,(H,15,16). The Morgan fingerprint density at radius 3 is 3.05 bits per heavy atom. The molecule has 6 nitrogen and oxygen atoms in total. The summed E-state index contributed by atoms with van der Waals surface area (Å²) in [7, 11) is 0. The molecule has 1 N–H and O–H groups in total. The van der Waals surface area contributed by atoms with Gasteiger partial charge < -0.3 is 14.7 Å². The van der Waals surface area contributed by atoms with Crippen LogP contribution in [0, 0.1) is 12.8 Å². The van der Waals surface area contributed by atoms with Gasteiger partial charge in [0.1, 0.15) is 0 Å². The van der Waals surface area contributed by atoms with Gasteiger partial charge in [0.25, 0.3) is 0 Å². The average Bonchev–Trinajstić information content (AvgIpc) is 2.83.